The van der Waals surface area contributed by atoms with Crippen LogP contribution in [0.5, 0.6) is 5.75 Å². The van der Waals surface area contributed by atoms with Crippen LogP contribution < -0.4 is 15.4 Å². The normalized spacial score (nSPS) is 14.8. The lowest BCUT2D eigenvalue weighted by atomic mass is 9.99. The van der Waals surface area contributed by atoms with Crippen LogP contribution in [0.1, 0.15) is 75.9 Å². The summed E-state index contributed by atoms with van der Waals surface area (Å²) in [5, 5.41) is 5.56. The second kappa shape index (κ2) is 14.8. The lowest BCUT2D eigenvalue weighted by molar-refractivity contribution is -0.153. The Morgan fingerprint density at radius 2 is 1.63 bits per heavy atom. The van der Waals surface area contributed by atoms with E-state index in [0.29, 0.717) is 46.9 Å². The van der Waals surface area contributed by atoms with Crippen LogP contribution in [0.25, 0.3) is 11.1 Å². The largest absolute Gasteiger partial charge is 0.491 e. The van der Waals surface area contributed by atoms with Gasteiger partial charge in [0.1, 0.15) is 29.4 Å². The maximum atomic E-state index is 14.9. The quantitative estimate of drug-likeness (QED) is 0.227. The van der Waals surface area contributed by atoms with E-state index in [9.17, 15) is 18.8 Å². The predicted octanol–water partition coefficient (Wildman–Crippen LogP) is 7.21. The van der Waals surface area contributed by atoms with Crippen molar-refractivity contribution >= 4 is 23.7 Å². The summed E-state index contributed by atoms with van der Waals surface area (Å²) in [5.74, 6) is -0.947. The predicted molar refractivity (Wildman–Crippen MR) is 173 cm³/mol. The maximum absolute atomic E-state index is 14.9. The van der Waals surface area contributed by atoms with Crippen molar-refractivity contribution < 1.29 is 37.7 Å². The van der Waals surface area contributed by atoms with E-state index in [1.54, 1.807) is 90.1 Å². The molecule has 0 radical (unpaired) electrons. The number of ether oxygens (including phenoxy) is 4. The summed E-state index contributed by atoms with van der Waals surface area (Å²) >= 11 is 0. The number of amides is 2. The number of hydrogen-bond acceptors (Lipinski definition) is 7. The molecule has 246 valence electrons. The smallest absolute Gasteiger partial charge is 0.407 e. The van der Waals surface area contributed by atoms with Crippen LogP contribution in [-0.4, -0.2) is 48.5 Å². The van der Waals surface area contributed by atoms with Crippen molar-refractivity contribution in [3.8, 4) is 16.9 Å². The second-order valence-electron chi connectivity index (χ2n) is 13.3. The highest BCUT2D eigenvalue weighted by Crippen LogP contribution is 2.30. The molecule has 3 aromatic carbocycles. The highest BCUT2D eigenvalue weighted by Gasteiger charge is 2.21. The Morgan fingerprint density at radius 1 is 0.913 bits per heavy atom. The van der Waals surface area contributed by atoms with Gasteiger partial charge in [0.2, 0.25) is 0 Å². The monoisotopic (exact) mass is 634 g/mol. The SMILES string of the molecule is CC(C)(C)OC(=O)Cc1ccccc1NC(=O)c1cc(OC[C@@H]2CCCO2)cc(-c2cc(F)cc(CNC(=O)OC(C)(C)C)c2)c1. The standard InChI is InChI=1S/C36H43FN2O7/c1-35(2,3)45-32(40)20-24-10-7-8-12-31(24)39-33(41)27-16-26(18-30(19-27)44-22-29-11-9-13-43-29)25-14-23(15-28(37)17-25)21-38-34(42)46-36(4,5)6/h7-8,10,12,14-19,29H,9,11,13,20-22H2,1-6H3,(H,38,42)(H,39,41)/t29-/m0/s1. The molecule has 3 aromatic rings. The molecule has 1 fully saturated rings. The first-order chi connectivity index (χ1) is 21.6. The van der Waals surface area contributed by atoms with Crippen molar-refractivity contribution in [1.82, 2.24) is 5.32 Å². The van der Waals surface area contributed by atoms with Crippen LogP contribution in [0.3, 0.4) is 0 Å². The molecule has 0 aromatic heterocycles. The molecule has 1 aliphatic heterocycles. The molecular weight excluding hydrogens is 591 g/mol. The first-order valence-corrected chi connectivity index (χ1v) is 15.4. The Bertz CT molecular complexity index is 1550. The number of carbonyl (C=O) groups is 3. The summed E-state index contributed by atoms with van der Waals surface area (Å²) in [6.07, 6.45) is 1.13. The number of alkyl carbamates (subject to hydrolysis) is 1. The van der Waals surface area contributed by atoms with E-state index < -0.39 is 35.0 Å². The zero-order valence-electron chi connectivity index (χ0n) is 27.3. The van der Waals surface area contributed by atoms with Gasteiger partial charge in [-0.05, 0) is 119 Å². The van der Waals surface area contributed by atoms with Gasteiger partial charge >= 0.3 is 12.1 Å². The topological polar surface area (TPSA) is 112 Å². The molecular formula is C36H43FN2O7. The van der Waals surface area contributed by atoms with Gasteiger partial charge in [-0.15, -0.1) is 0 Å². The first-order valence-electron chi connectivity index (χ1n) is 15.4. The second-order valence-corrected chi connectivity index (χ2v) is 13.3. The Balaban J connectivity index is 1.61. The van der Waals surface area contributed by atoms with Gasteiger partial charge in [0.25, 0.3) is 5.91 Å². The van der Waals surface area contributed by atoms with Crippen LogP contribution >= 0.6 is 0 Å². The lowest BCUT2D eigenvalue weighted by Gasteiger charge is -2.20. The van der Waals surface area contributed by atoms with E-state index in [0.717, 1.165) is 12.8 Å². The van der Waals surface area contributed by atoms with E-state index in [4.69, 9.17) is 18.9 Å². The van der Waals surface area contributed by atoms with E-state index in [1.807, 2.05) is 0 Å². The fourth-order valence-corrected chi connectivity index (χ4v) is 4.88. The number of anilines is 1. The zero-order chi connectivity index (χ0) is 33.5. The minimum Gasteiger partial charge on any atom is -0.491 e. The molecule has 0 saturated carbocycles. The molecule has 1 saturated heterocycles. The highest BCUT2D eigenvalue weighted by molar-refractivity contribution is 6.06. The number of carbonyl (C=O) groups excluding carboxylic acids is 3. The Labute approximate surface area is 269 Å². The summed E-state index contributed by atoms with van der Waals surface area (Å²) in [5.41, 5.74) is 1.55. The summed E-state index contributed by atoms with van der Waals surface area (Å²) < 4.78 is 37.4. The van der Waals surface area contributed by atoms with Crippen molar-refractivity contribution in [2.45, 2.75) is 84.7 Å². The molecule has 1 heterocycles. The van der Waals surface area contributed by atoms with Crippen LogP contribution in [0, 0.1) is 5.82 Å². The molecule has 4 rings (SSSR count). The number of nitrogens with one attached hydrogen (secondary N) is 2. The van der Waals surface area contributed by atoms with E-state index in [1.165, 1.54) is 12.1 Å². The summed E-state index contributed by atoms with van der Waals surface area (Å²) in [7, 11) is 0. The summed E-state index contributed by atoms with van der Waals surface area (Å²) in [6, 6.07) is 16.4. The third-order valence-electron chi connectivity index (χ3n) is 6.78. The van der Waals surface area contributed by atoms with E-state index in [2.05, 4.69) is 10.6 Å². The Kier molecular flexibility index (Phi) is 11.1. The van der Waals surface area contributed by atoms with Crippen molar-refractivity contribution in [3.05, 3.63) is 83.2 Å². The van der Waals surface area contributed by atoms with Crippen LogP contribution in [-0.2, 0) is 32.0 Å². The molecule has 2 amide bonds. The molecule has 9 nitrogen and oxygen atoms in total. The van der Waals surface area contributed by atoms with Gasteiger partial charge in [-0.1, -0.05) is 18.2 Å². The summed E-state index contributed by atoms with van der Waals surface area (Å²) in [6.45, 7) is 11.7. The average Bonchev–Trinajstić information content (AvgIpc) is 3.47. The number of benzene rings is 3. The van der Waals surface area contributed by atoms with Gasteiger partial charge in [-0.25, -0.2) is 9.18 Å². The third kappa shape index (κ3) is 10.9. The molecule has 1 aliphatic rings. The van der Waals surface area contributed by atoms with Gasteiger partial charge < -0.3 is 29.6 Å². The molecule has 1 atom stereocenters. The van der Waals surface area contributed by atoms with E-state index >= 15 is 0 Å². The van der Waals surface area contributed by atoms with Gasteiger partial charge in [0, 0.05) is 24.4 Å². The minimum atomic E-state index is -0.672. The van der Waals surface area contributed by atoms with Gasteiger partial charge in [0.15, 0.2) is 0 Å². The summed E-state index contributed by atoms with van der Waals surface area (Å²) in [4.78, 5) is 38.4. The molecule has 46 heavy (non-hydrogen) atoms. The van der Waals surface area contributed by atoms with Crippen molar-refractivity contribution in [2.24, 2.45) is 0 Å². The fourth-order valence-electron chi connectivity index (χ4n) is 4.88. The van der Waals surface area contributed by atoms with Crippen LogP contribution in [0.4, 0.5) is 14.9 Å². The van der Waals surface area contributed by atoms with E-state index in [-0.39, 0.29) is 24.6 Å². The zero-order valence-corrected chi connectivity index (χ0v) is 27.3. The molecule has 0 spiro atoms. The minimum absolute atomic E-state index is 0.0209. The molecule has 2 N–H and O–H groups in total. The van der Waals surface area contributed by atoms with Gasteiger partial charge in [-0.2, -0.15) is 0 Å². The van der Waals surface area contributed by atoms with Crippen molar-refractivity contribution in [3.63, 3.8) is 0 Å². The molecule has 0 unspecified atom stereocenters. The number of esters is 1. The number of para-hydroxylation sites is 1. The Hall–Kier alpha value is -4.44. The number of rotatable bonds is 10. The maximum Gasteiger partial charge on any atom is 0.407 e. The number of hydrogen-bond donors (Lipinski definition) is 2. The number of halogens is 1. The third-order valence-corrected chi connectivity index (χ3v) is 6.78. The highest BCUT2D eigenvalue weighted by atomic mass is 19.1. The average molecular weight is 635 g/mol. The Morgan fingerprint density at radius 3 is 2.33 bits per heavy atom. The van der Waals surface area contributed by atoms with Crippen LogP contribution in [0.2, 0.25) is 0 Å². The molecule has 0 bridgehead atoms. The van der Waals surface area contributed by atoms with Crippen molar-refractivity contribution in [1.29, 1.82) is 0 Å². The van der Waals surface area contributed by atoms with Gasteiger partial charge in [0.05, 0.1) is 12.5 Å². The van der Waals surface area contributed by atoms with Crippen LogP contribution in [0.15, 0.2) is 60.7 Å². The molecule has 0 aliphatic carbocycles. The van der Waals surface area contributed by atoms with Crippen molar-refractivity contribution in [2.75, 3.05) is 18.5 Å². The lowest BCUT2D eigenvalue weighted by Crippen LogP contribution is -2.32. The fraction of sp³-hybridized carbons (Fsp3) is 0.417. The molecule has 10 heteroatoms. The van der Waals surface area contributed by atoms with Gasteiger partial charge in [-0.3, -0.25) is 9.59 Å². The first kappa shape index (κ1) is 34.4.